The lowest BCUT2D eigenvalue weighted by atomic mass is 9.89. The Morgan fingerprint density at radius 1 is 1.17 bits per heavy atom. The Hall–Kier alpha value is -1.08. The summed E-state index contributed by atoms with van der Waals surface area (Å²) >= 11 is 0. The Kier molecular flexibility index (Phi) is 5.47. The van der Waals surface area contributed by atoms with Gasteiger partial charge in [0.1, 0.15) is 0 Å². The molecule has 1 aromatic carbocycles. The summed E-state index contributed by atoms with van der Waals surface area (Å²) in [5, 5.41) is 3.55. The van der Waals surface area contributed by atoms with E-state index in [1.165, 1.54) is 37.7 Å². The van der Waals surface area contributed by atoms with Gasteiger partial charge in [-0.25, -0.2) is 0 Å². The number of hydrogen-bond acceptors (Lipinski definition) is 1. The lowest BCUT2D eigenvalue weighted by molar-refractivity contribution is 0.418. The molecule has 0 amide bonds. The van der Waals surface area contributed by atoms with Crippen molar-refractivity contribution >= 4 is 0 Å². The van der Waals surface area contributed by atoms with E-state index >= 15 is 0 Å². The number of benzene rings is 1. The van der Waals surface area contributed by atoms with Crippen LogP contribution in [0, 0.1) is 5.92 Å². The second kappa shape index (κ2) is 7.38. The highest BCUT2D eigenvalue weighted by Gasteiger charge is 2.09. The molecule has 1 atom stereocenters. The van der Waals surface area contributed by atoms with E-state index in [1.54, 1.807) is 0 Å². The molecule has 1 aliphatic carbocycles. The Morgan fingerprint density at radius 3 is 2.61 bits per heavy atom. The van der Waals surface area contributed by atoms with E-state index < -0.39 is 0 Å². The van der Waals surface area contributed by atoms with Crippen LogP contribution >= 0.6 is 0 Å². The van der Waals surface area contributed by atoms with Crippen molar-refractivity contribution in [2.45, 2.75) is 45.1 Å². The lowest BCUT2D eigenvalue weighted by Gasteiger charge is -2.18. The molecular formula is C17H25N. The molecule has 1 aliphatic rings. The lowest BCUT2D eigenvalue weighted by Crippen LogP contribution is -2.18. The van der Waals surface area contributed by atoms with E-state index in [0.29, 0.717) is 6.04 Å². The van der Waals surface area contributed by atoms with Crippen LogP contribution in [0.15, 0.2) is 42.5 Å². The van der Waals surface area contributed by atoms with Gasteiger partial charge in [-0.05, 0) is 31.2 Å². The van der Waals surface area contributed by atoms with Gasteiger partial charge in [-0.2, -0.15) is 0 Å². The first kappa shape index (κ1) is 13.4. The quantitative estimate of drug-likeness (QED) is 0.752. The summed E-state index contributed by atoms with van der Waals surface area (Å²) in [6.07, 6.45) is 11.8. The third-order valence-corrected chi connectivity index (χ3v) is 3.90. The van der Waals surface area contributed by atoms with E-state index in [9.17, 15) is 0 Å². The van der Waals surface area contributed by atoms with Crippen molar-refractivity contribution in [2.75, 3.05) is 6.54 Å². The molecule has 0 spiro atoms. The fraction of sp³-hybridized carbons (Fsp3) is 0.529. The van der Waals surface area contributed by atoms with Crippen molar-refractivity contribution in [2.24, 2.45) is 5.92 Å². The van der Waals surface area contributed by atoms with E-state index in [0.717, 1.165) is 12.5 Å². The summed E-state index contributed by atoms with van der Waals surface area (Å²) in [4.78, 5) is 0. The number of nitrogens with one attached hydrogen (secondary N) is 1. The van der Waals surface area contributed by atoms with Gasteiger partial charge in [0.05, 0.1) is 0 Å². The minimum absolute atomic E-state index is 0.433. The average Bonchev–Trinajstić information content (AvgIpc) is 2.45. The molecule has 2 rings (SSSR count). The normalized spacial score (nSPS) is 19.2. The van der Waals surface area contributed by atoms with Gasteiger partial charge in [-0.1, -0.05) is 61.7 Å². The van der Waals surface area contributed by atoms with Crippen molar-refractivity contribution in [3.8, 4) is 0 Å². The van der Waals surface area contributed by atoms with Gasteiger partial charge < -0.3 is 5.32 Å². The first-order valence-electron chi connectivity index (χ1n) is 7.31. The molecule has 1 aromatic rings. The van der Waals surface area contributed by atoms with Crippen molar-refractivity contribution in [3.05, 3.63) is 48.0 Å². The second-order valence-electron chi connectivity index (χ2n) is 5.37. The van der Waals surface area contributed by atoms with Crippen molar-refractivity contribution in [1.29, 1.82) is 0 Å². The molecule has 0 heterocycles. The summed E-state index contributed by atoms with van der Waals surface area (Å²) in [6.45, 7) is 3.20. The van der Waals surface area contributed by atoms with Crippen LogP contribution in [0.5, 0.6) is 0 Å². The molecule has 1 fully saturated rings. The maximum atomic E-state index is 3.55. The maximum absolute atomic E-state index is 3.55. The van der Waals surface area contributed by atoms with Gasteiger partial charge in [-0.15, -0.1) is 0 Å². The number of rotatable bonds is 5. The van der Waals surface area contributed by atoms with Gasteiger partial charge in [-0.3, -0.25) is 0 Å². The zero-order valence-corrected chi connectivity index (χ0v) is 11.4. The molecule has 1 saturated carbocycles. The van der Waals surface area contributed by atoms with E-state index in [2.05, 4.69) is 54.7 Å². The maximum Gasteiger partial charge on any atom is 0.0294 e. The Balaban J connectivity index is 1.70. The monoisotopic (exact) mass is 243 g/mol. The average molecular weight is 243 g/mol. The van der Waals surface area contributed by atoms with Gasteiger partial charge in [0.25, 0.3) is 0 Å². The van der Waals surface area contributed by atoms with Crippen LogP contribution in [0.3, 0.4) is 0 Å². The van der Waals surface area contributed by atoms with Crippen LogP contribution in [0.2, 0.25) is 0 Å². The Morgan fingerprint density at radius 2 is 1.89 bits per heavy atom. The standard InChI is InChI=1S/C17H25N/c1-15(17-12-6-3-7-13-17)18-14-8-11-16-9-4-2-5-10-16/h3,6-8,11-13,15-16,18H,2,4-5,9-10,14H2,1H3/t15-/m1/s1. The second-order valence-corrected chi connectivity index (χ2v) is 5.37. The highest BCUT2D eigenvalue weighted by Crippen LogP contribution is 2.24. The van der Waals surface area contributed by atoms with Crippen molar-refractivity contribution in [3.63, 3.8) is 0 Å². The van der Waals surface area contributed by atoms with Crippen LogP contribution in [0.1, 0.15) is 50.6 Å². The fourth-order valence-electron chi connectivity index (χ4n) is 2.69. The van der Waals surface area contributed by atoms with E-state index in [-0.39, 0.29) is 0 Å². The number of allylic oxidation sites excluding steroid dienone is 1. The number of hydrogen-bond donors (Lipinski definition) is 1. The molecule has 0 bridgehead atoms. The zero-order chi connectivity index (χ0) is 12.6. The van der Waals surface area contributed by atoms with Gasteiger partial charge in [0, 0.05) is 12.6 Å². The molecule has 18 heavy (non-hydrogen) atoms. The minimum atomic E-state index is 0.433. The van der Waals surface area contributed by atoms with Gasteiger partial charge >= 0.3 is 0 Å². The molecule has 1 heteroatoms. The third-order valence-electron chi connectivity index (χ3n) is 3.90. The summed E-state index contributed by atoms with van der Waals surface area (Å²) in [7, 11) is 0. The van der Waals surface area contributed by atoms with E-state index in [1.807, 2.05) is 0 Å². The molecule has 98 valence electrons. The molecule has 0 saturated heterocycles. The van der Waals surface area contributed by atoms with Crippen LogP contribution < -0.4 is 5.32 Å². The molecule has 0 aliphatic heterocycles. The largest absolute Gasteiger partial charge is 0.307 e. The third kappa shape index (κ3) is 4.30. The molecule has 0 aromatic heterocycles. The van der Waals surface area contributed by atoms with Crippen molar-refractivity contribution in [1.82, 2.24) is 5.32 Å². The smallest absolute Gasteiger partial charge is 0.0294 e. The van der Waals surface area contributed by atoms with Gasteiger partial charge in [0.2, 0.25) is 0 Å². The van der Waals surface area contributed by atoms with Crippen LogP contribution in [-0.4, -0.2) is 6.54 Å². The SMILES string of the molecule is C[C@@H](NCC=CC1CCCCC1)c1ccccc1. The van der Waals surface area contributed by atoms with E-state index in [4.69, 9.17) is 0 Å². The predicted molar refractivity (Wildman–Crippen MR) is 78.6 cm³/mol. The molecule has 0 unspecified atom stereocenters. The predicted octanol–water partition coefficient (Wildman–Crippen LogP) is 4.47. The molecule has 1 nitrogen and oxygen atoms in total. The Bertz CT molecular complexity index is 349. The Labute approximate surface area is 111 Å². The van der Waals surface area contributed by atoms with Crippen LogP contribution in [-0.2, 0) is 0 Å². The summed E-state index contributed by atoms with van der Waals surface area (Å²) in [5.41, 5.74) is 1.36. The molecule has 1 N–H and O–H groups in total. The summed E-state index contributed by atoms with van der Waals surface area (Å²) in [5.74, 6) is 0.840. The van der Waals surface area contributed by atoms with Crippen LogP contribution in [0.25, 0.3) is 0 Å². The van der Waals surface area contributed by atoms with Gasteiger partial charge in [0.15, 0.2) is 0 Å². The highest BCUT2D eigenvalue weighted by molar-refractivity contribution is 5.18. The molecular weight excluding hydrogens is 218 g/mol. The first-order valence-corrected chi connectivity index (χ1v) is 7.31. The topological polar surface area (TPSA) is 12.0 Å². The highest BCUT2D eigenvalue weighted by atomic mass is 14.9. The zero-order valence-electron chi connectivity index (χ0n) is 11.4. The summed E-state index contributed by atoms with van der Waals surface area (Å²) in [6, 6.07) is 11.1. The minimum Gasteiger partial charge on any atom is -0.307 e. The fourth-order valence-corrected chi connectivity index (χ4v) is 2.69. The summed E-state index contributed by atoms with van der Waals surface area (Å²) < 4.78 is 0. The molecule has 0 radical (unpaired) electrons. The van der Waals surface area contributed by atoms with Crippen LogP contribution in [0.4, 0.5) is 0 Å². The first-order chi connectivity index (χ1) is 8.86. The van der Waals surface area contributed by atoms with Crippen molar-refractivity contribution < 1.29 is 0 Å².